The smallest absolute Gasteiger partial charge is 0.258 e. The lowest BCUT2D eigenvalue weighted by Crippen LogP contribution is -2.45. The van der Waals surface area contributed by atoms with Crippen molar-refractivity contribution < 1.29 is 9.53 Å². The molecule has 2 aromatic heterocycles. The first-order valence-corrected chi connectivity index (χ1v) is 11.1. The summed E-state index contributed by atoms with van der Waals surface area (Å²) in [6.45, 7) is 9.23. The molecule has 1 fully saturated rings. The number of benzene rings is 1. The Morgan fingerprint density at radius 2 is 1.87 bits per heavy atom. The summed E-state index contributed by atoms with van der Waals surface area (Å²) in [5.41, 5.74) is 2.57. The number of hydrogen-bond donors (Lipinski definition) is 0. The van der Waals surface area contributed by atoms with Crippen LogP contribution in [-0.2, 0) is 13.1 Å². The van der Waals surface area contributed by atoms with Gasteiger partial charge in [-0.2, -0.15) is 0 Å². The third-order valence-electron chi connectivity index (χ3n) is 5.37. The van der Waals surface area contributed by atoms with Crippen LogP contribution in [-0.4, -0.2) is 57.8 Å². The molecule has 0 bridgehead atoms. The van der Waals surface area contributed by atoms with Crippen molar-refractivity contribution in [3.8, 4) is 5.75 Å². The fraction of sp³-hybridized carbons (Fsp3) is 0.409. The normalized spacial score (nSPS) is 15.5. The number of piperazine rings is 1. The van der Waals surface area contributed by atoms with Gasteiger partial charge >= 0.3 is 0 Å². The Labute approximate surface area is 179 Å². The van der Waals surface area contributed by atoms with Gasteiger partial charge in [-0.25, -0.2) is 4.98 Å². The molecule has 0 spiro atoms. The Kier molecular flexibility index (Phi) is 6.26. The van der Waals surface area contributed by atoms with Crippen molar-refractivity contribution in [2.45, 2.75) is 26.9 Å². The number of thiazole rings is 1. The maximum absolute atomic E-state index is 12.2. The lowest BCUT2D eigenvalue weighted by molar-refractivity contribution is 0.101. The number of rotatable bonds is 7. The van der Waals surface area contributed by atoms with Crippen LogP contribution >= 0.6 is 11.3 Å². The third kappa shape index (κ3) is 4.61. The van der Waals surface area contributed by atoms with Gasteiger partial charge in [-0.15, -0.1) is 11.3 Å². The van der Waals surface area contributed by atoms with Gasteiger partial charge in [-0.3, -0.25) is 23.8 Å². The maximum Gasteiger partial charge on any atom is 0.258 e. The molecule has 7 nitrogen and oxygen atoms in total. The van der Waals surface area contributed by atoms with Gasteiger partial charge in [0, 0.05) is 68.0 Å². The van der Waals surface area contributed by atoms with Crippen molar-refractivity contribution in [2.75, 3.05) is 32.8 Å². The molecule has 158 valence electrons. The Morgan fingerprint density at radius 1 is 1.13 bits per heavy atom. The second kappa shape index (κ2) is 9.07. The first-order chi connectivity index (χ1) is 14.5. The van der Waals surface area contributed by atoms with Crippen LogP contribution in [0, 0.1) is 0 Å². The van der Waals surface area contributed by atoms with Crippen LogP contribution in [0.3, 0.4) is 0 Å². The Hall–Kier alpha value is -2.55. The number of aromatic nitrogens is 2. The standard InChI is InChI=1S/C22H26N4O3S/c1-3-29-20-5-4-17(16(2)27)12-18(20)14-24-6-8-25(9-7-24)15-19-13-21(28)26-10-11-30-22(26)23-19/h4-5,10-13H,3,6-9,14-15H2,1-2H3. The van der Waals surface area contributed by atoms with Crippen LogP contribution in [0.15, 0.2) is 40.6 Å². The number of nitrogens with zero attached hydrogens (tertiary/aromatic N) is 4. The summed E-state index contributed by atoms with van der Waals surface area (Å²) in [5, 5.41) is 1.88. The summed E-state index contributed by atoms with van der Waals surface area (Å²) in [7, 11) is 0. The molecule has 0 radical (unpaired) electrons. The number of Topliss-reactive ketones (excluding diaryl/α,β-unsaturated/α-hetero) is 1. The lowest BCUT2D eigenvalue weighted by Gasteiger charge is -2.34. The summed E-state index contributed by atoms with van der Waals surface area (Å²) < 4.78 is 7.35. The largest absolute Gasteiger partial charge is 0.494 e. The van der Waals surface area contributed by atoms with E-state index in [1.54, 1.807) is 23.6 Å². The molecule has 3 heterocycles. The summed E-state index contributed by atoms with van der Waals surface area (Å²) in [5.74, 6) is 0.911. The van der Waals surface area contributed by atoms with Gasteiger partial charge in [-0.1, -0.05) is 0 Å². The molecule has 3 aromatic rings. The van der Waals surface area contributed by atoms with Crippen molar-refractivity contribution in [3.05, 3.63) is 63.0 Å². The van der Waals surface area contributed by atoms with Gasteiger partial charge in [0.05, 0.1) is 12.3 Å². The number of carbonyl (C=O) groups excluding carboxylic acids is 1. The summed E-state index contributed by atoms with van der Waals surface area (Å²) in [6, 6.07) is 7.31. The zero-order chi connectivity index (χ0) is 21.1. The van der Waals surface area contributed by atoms with Crippen LogP contribution in [0.5, 0.6) is 5.75 Å². The summed E-state index contributed by atoms with van der Waals surface area (Å²) in [6.07, 6.45) is 1.76. The van der Waals surface area contributed by atoms with E-state index in [1.165, 1.54) is 11.3 Å². The highest BCUT2D eigenvalue weighted by Crippen LogP contribution is 2.23. The van der Waals surface area contributed by atoms with E-state index in [2.05, 4.69) is 14.8 Å². The van der Waals surface area contributed by atoms with E-state index in [4.69, 9.17) is 4.74 Å². The van der Waals surface area contributed by atoms with Crippen LogP contribution in [0.2, 0.25) is 0 Å². The van der Waals surface area contributed by atoms with Crippen LogP contribution in [0.4, 0.5) is 0 Å². The molecular formula is C22H26N4O3S. The van der Waals surface area contributed by atoms with Crippen molar-refractivity contribution in [2.24, 2.45) is 0 Å². The summed E-state index contributed by atoms with van der Waals surface area (Å²) in [4.78, 5) is 34.0. The minimum absolute atomic E-state index is 0.0244. The predicted molar refractivity (Wildman–Crippen MR) is 118 cm³/mol. The molecular weight excluding hydrogens is 400 g/mol. The van der Waals surface area contributed by atoms with E-state index < -0.39 is 0 Å². The van der Waals surface area contributed by atoms with Gasteiger partial charge < -0.3 is 4.74 Å². The highest BCUT2D eigenvalue weighted by molar-refractivity contribution is 7.15. The Balaban J connectivity index is 1.39. The highest BCUT2D eigenvalue weighted by atomic mass is 32.1. The van der Waals surface area contributed by atoms with Gasteiger partial charge in [0.2, 0.25) is 0 Å². The van der Waals surface area contributed by atoms with Crippen molar-refractivity contribution >= 4 is 22.1 Å². The average Bonchev–Trinajstić information content (AvgIpc) is 3.20. The third-order valence-corrected chi connectivity index (χ3v) is 6.12. The van der Waals surface area contributed by atoms with Gasteiger partial charge in [0.1, 0.15) is 5.75 Å². The Morgan fingerprint density at radius 3 is 2.57 bits per heavy atom. The van der Waals surface area contributed by atoms with Gasteiger partial charge in [0.25, 0.3) is 5.56 Å². The molecule has 30 heavy (non-hydrogen) atoms. The fourth-order valence-electron chi connectivity index (χ4n) is 3.76. The molecule has 0 unspecified atom stereocenters. The summed E-state index contributed by atoms with van der Waals surface area (Å²) >= 11 is 1.48. The molecule has 0 atom stereocenters. The molecule has 8 heteroatoms. The predicted octanol–water partition coefficient (Wildman–Crippen LogP) is 2.68. The second-order valence-electron chi connectivity index (χ2n) is 7.51. The van der Waals surface area contributed by atoms with E-state index in [-0.39, 0.29) is 11.3 Å². The van der Waals surface area contributed by atoms with E-state index in [1.807, 2.05) is 30.5 Å². The molecule has 1 aliphatic heterocycles. The first-order valence-electron chi connectivity index (χ1n) is 10.2. The van der Waals surface area contributed by atoms with E-state index in [0.29, 0.717) is 18.7 Å². The molecule has 0 N–H and O–H groups in total. The van der Waals surface area contributed by atoms with Gasteiger partial charge in [0.15, 0.2) is 10.7 Å². The molecule has 0 amide bonds. The number of fused-ring (bicyclic) bond motifs is 1. The lowest BCUT2D eigenvalue weighted by atomic mass is 10.1. The highest BCUT2D eigenvalue weighted by Gasteiger charge is 2.20. The molecule has 0 aliphatic carbocycles. The molecule has 4 rings (SSSR count). The minimum Gasteiger partial charge on any atom is -0.494 e. The first kappa shape index (κ1) is 20.7. The topological polar surface area (TPSA) is 67.2 Å². The Bertz CT molecular complexity index is 1100. The van der Waals surface area contributed by atoms with Crippen LogP contribution in [0.25, 0.3) is 4.96 Å². The minimum atomic E-state index is -0.0244. The quantitative estimate of drug-likeness (QED) is 0.541. The SMILES string of the molecule is CCOc1ccc(C(C)=O)cc1CN1CCN(Cc2cc(=O)n3ccsc3n2)CC1. The monoisotopic (exact) mass is 426 g/mol. The van der Waals surface area contributed by atoms with Crippen molar-refractivity contribution in [1.82, 2.24) is 19.2 Å². The molecule has 1 aliphatic rings. The number of ether oxygens (including phenoxy) is 1. The molecule has 1 saturated heterocycles. The van der Waals surface area contributed by atoms with Crippen molar-refractivity contribution in [3.63, 3.8) is 0 Å². The number of carbonyl (C=O) groups is 1. The van der Waals surface area contributed by atoms with Crippen molar-refractivity contribution in [1.29, 1.82) is 0 Å². The van der Waals surface area contributed by atoms with E-state index in [9.17, 15) is 9.59 Å². The number of hydrogen-bond acceptors (Lipinski definition) is 7. The zero-order valence-electron chi connectivity index (χ0n) is 17.3. The zero-order valence-corrected chi connectivity index (χ0v) is 18.2. The average molecular weight is 427 g/mol. The fourth-order valence-corrected chi connectivity index (χ4v) is 4.50. The van der Waals surface area contributed by atoms with Crippen LogP contribution < -0.4 is 10.3 Å². The van der Waals surface area contributed by atoms with Gasteiger partial charge in [-0.05, 0) is 32.0 Å². The van der Waals surface area contributed by atoms with E-state index in [0.717, 1.165) is 54.7 Å². The maximum atomic E-state index is 12.2. The second-order valence-corrected chi connectivity index (χ2v) is 8.38. The van der Waals surface area contributed by atoms with Crippen LogP contribution in [0.1, 0.15) is 35.5 Å². The number of ketones is 1. The molecule has 0 saturated carbocycles. The van der Waals surface area contributed by atoms with E-state index >= 15 is 0 Å². The molecule has 1 aromatic carbocycles.